The maximum absolute atomic E-state index is 6.18. The lowest BCUT2D eigenvalue weighted by atomic mass is 10.1. The van der Waals surface area contributed by atoms with E-state index in [-0.39, 0.29) is 0 Å². The summed E-state index contributed by atoms with van der Waals surface area (Å²) in [4.78, 5) is 0. The molecule has 1 heterocycles. The van der Waals surface area contributed by atoms with Crippen LogP contribution in [0.5, 0.6) is 0 Å². The molecular formula is C14H18Cl2N2O. The standard InChI is InChI=1S/C14H18Cl2N2O/c1-10-8-18(17-14(10)5-6-19-2)9-11-7-12(15)3-4-13(11)16/h3-4,7-8,14,17H,5-6,9H2,1-2H3. The highest BCUT2D eigenvalue weighted by atomic mass is 35.5. The van der Waals surface area contributed by atoms with Crippen molar-refractivity contribution in [3.8, 4) is 0 Å². The van der Waals surface area contributed by atoms with Crippen molar-refractivity contribution in [2.75, 3.05) is 13.7 Å². The van der Waals surface area contributed by atoms with E-state index in [1.165, 1.54) is 5.57 Å². The van der Waals surface area contributed by atoms with Crippen molar-refractivity contribution >= 4 is 23.2 Å². The first kappa shape index (κ1) is 14.7. The molecule has 0 radical (unpaired) electrons. The Labute approximate surface area is 124 Å². The first-order chi connectivity index (χ1) is 9.10. The Bertz CT molecular complexity index is 477. The van der Waals surface area contributed by atoms with E-state index in [4.69, 9.17) is 27.9 Å². The van der Waals surface area contributed by atoms with Gasteiger partial charge in [-0.3, -0.25) is 0 Å². The number of rotatable bonds is 5. The number of benzene rings is 1. The van der Waals surface area contributed by atoms with Gasteiger partial charge in [-0.2, -0.15) is 0 Å². The second-order valence-corrected chi connectivity index (χ2v) is 5.54. The van der Waals surface area contributed by atoms with Crippen LogP contribution in [0.15, 0.2) is 30.0 Å². The molecule has 0 amide bonds. The molecule has 0 bridgehead atoms. The average Bonchev–Trinajstić information content (AvgIpc) is 2.72. The Morgan fingerprint density at radius 2 is 2.16 bits per heavy atom. The minimum atomic E-state index is 0.331. The first-order valence-corrected chi connectivity index (χ1v) is 6.99. The van der Waals surface area contributed by atoms with Crippen LogP contribution >= 0.6 is 23.2 Å². The number of nitrogens with zero attached hydrogens (tertiary/aromatic N) is 1. The Morgan fingerprint density at radius 1 is 1.37 bits per heavy atom. The number of hydrogen-bond acceptors (Lipinski definition) is 3. The fourth-order valence-electron chi connectivity index (χ4n) is 2.14. The monoisotopic (exact) mass is 300 g/mol. The van der Waals surface area contributed by atoms with Crippen molar-refractivity contribution in [1.29, 1.82) is 0 Å². The summed E-state index contributed by atoms with van der Waals surface area (Å²) >= 11 is 12.2. The van der Waals surface area contributed by atoms with Gasteiger partial charge in [-0.05, 0) is 42.7 Å². The topological polar surface area (TPSA) is 24.5 Å². The molecule has 0 spiro atoms. The van der Waals surface area contributed by atoms with Crippen LogP contribution in [0.4, 0.5) is 0 Å². The summed E-state index contributed by atoms with van der Waals surface area (Å²) in [5.74, 6) is 0. The van der Waals surface area contributed by atoms with Crippen LogP contribution in [0, 0.1) is 0 Å². The molecule has 0 saturated heterocycles. The molecule has 1 aliphatic rings. The van der Waals surface area contributed by atoms with E-state index < -0.39 is 0 Å². The van der Waals surface area contributed by atoms with Gasteiger partial charge in [0.1, 0.15) is 0 Å². The lowest BCUT2D eigenvalue weighted by molar-refractivity contribution is 0.173. The van der Waals surface area contributed by atoms with Crippen molar-refractivity contribution in [1.82, 2.24) is 10.4 Å². The molecule has 1 N–H and O–H groups in total. The molecule has 1 aromatic rings. The number of hydrazine groups is 1. The minimum Gasteiger partial charge on any atom is -0.385 e. The highest BCUT2D eigenvalue weighted by molar-refractivity contribution is 6.33. The lowest BCUT2D eigenvalue weighted by Crippen LogP contribution is -2.36. The minimum absolute atomic E-state index is 0.331. The van der Waals surface area contributed by atoms with E-state index in [0.29, 0.717) is 17.6 Å². The van der Waals surface area contributed by atoms with Crippen molar-refractivity contribution < 1.29 is 4.74 Å². The molecule has 104 valence electrons. The third-order valence-electron chi connectivity index (χ3n) is 3.19. The van der Waals surface area contributed by atoms with Gasteiger partial charge < -0.3 is 9.75 Å². The van der Waals surface area contributed by atoms with Crippen molar-refractivity contribution in [3.63, 3.8) is 0 Å². The van der Waals surface area contributed by atoms with Gasteiger partial charge in [-0.15, -0.1) is 0 Å². The third kappa shape index (κ3) is 3.86. The molecule has 1 aromatic carbocycles. The Balaban J connectivity index is 1.99. The normalized spacial score (nSPS) is 18.8. The predicted octanol–water partition coefficient (Wildman–Crippen LogP) is 3.62. The molecule has 0 aliphatic carbocycles. The lowest BCUT2D eigenvalue weighted by Gasteiger charge is -2.20. The molecule has 0 fully saturated rings. The summed E-state index contributed by atoms with van der Waals surface area (Å²) in [5.41, 5.74) is 5.74. The molecule has 3 nitrogen and oxygen atoms in total. The molecule has 19 heavy (non-hydrogen) atoms. The quantitative estimate of drug-likeness (QED) is 0.899. The van der Waals surface area contributed by atoms with Gasteiger partial charge in [-0.25, -0.2) is 5.43 Å². The highest BCUT2D eigenvalue weighted by Gasteiger charge is 2.20. The zero-order valence-electron chi connectivity index (χ0n) is 11.1. The van der Waals surface area contributed by atoms with Crippen molar-refractivity contribution in [3.05, 3.63) is 45.6 Å². The van der Waals surface area contributed by atoms with Crippen LogP contribution in [0.1, 0.15) is 18.9 Å². The zero-order chi connectivity index (χ0) is 13.8. The summed E-state index contributed by atoms with van der Waals surface area (Å²) in [6.07, 6.45) is 3.07. The third-order valence-corrected chi connectivity index (χ3v) is 3.79. The van der Waals surface area contributed by atoms with Gasteiger partial charge in [0.05, 0.1) is 12.6 Å². The SMILES string of the molecule is COCCC1NN(Cc2cc(Cl)ccc2Cl)C=C1C. The van der Waals surface area contributed by atoms with Crippen molar-refractivity contribution in [2.45, 2.75) is 25.9 Å². The Morgan fingerprint density at radius 3 is 2.89 bits per heavy atom. The summed E-state index contributed by atoms with van der Waals surface area (Å²) in [5, 5.41) is 3.49. The second kappa shape index (κ2) is 6.62. The number of nitrogens with one attached hydrogen (secondary N) is 1. The van der Waals surface area contributed by atoms with E-state index in [0.717, 1.165) is 23.6 Å². The smallest absolute Gasteiger partial charge is 0.0603 e. The maximum Gasteiger partial charge on any atom is 0.0603 e. The van der Waals surface area contributed by atoms with E-state index in [1.54, 1.807) is 13.2 Å². The molecule has 0 aromatic heterocycles. The van der Waals surface area contributed by atoms with E-state index in [2.05, 4.69) is 18.5 Å². The molecule has 2 rings (SSSR count). The van der Waals surface area contributed by atoms with E-state index in [1.807, 2.05) is 17.1 Å². The van der Waals surface area contributed by atoms with E-state index >= 15 is 0 Å². The van der Waals surface area contributed by atoms with Gasteiger partial charge in [0.2, 0.25) is 0 Å². The fraction of sp³-hybridized carbons (Fsp3) is 0.429. The molecular weight excluding hydrogens is 283 g/mol. The molecule has 0 saturated carbocycles. The van der Waals surface area contributed by atoms with Gasteiger partial charge in [0, 0.05) is 30.0 Å². The summed E-state index contributed by atoms with van der Waals surface area (Å²) < 4.78 is 5.12. The molecule has 1 aliphatic heterocycles. The number of ether oxygens (including phenoxy) is 1. The van der Waals surface area contributed by atoms with Gasteiger partial charge in [-0.1, -0.05) is 23.2 Å². The van der Waals surface area contributed by atoms with Gasteiger partial charge in [0.15, 0.2) is 0 Å². The first-order valence-electron chi connectivity index (χ1n) is 6.24. The van der Waals surface area contributed by atoms with Crippen LogP contribution in [0.25, 0.3) is 0 Å². The Kier molecular flexibility index (Phi) is 5.11. The second-order valence-electron chi connectivity index (χ2n) is 4.70. The Hall–Kier alpha value is -0.740. The van der Waals surface area contributed by atoms with Gasteiger partial charge >= 0.3 is 0 Å². The molecule has 5 heteroatoms. The largest absolute Gasteiger partial charge is 0.385 e. The molecule has 1 atom stereocenters. The molecule has 1 unspecified atom stereocenters. The van der Waals surface area contributed by atoms with E-state index in [9.17, 15) is 0 Å². The average molecular weight is 301 g/mol. The van der Waals surface area contributed by atoms with Crippen LogP contribution in [0.3, 0.4) is 0 Å². The van der Waals surface area contributed by atoms with Crippen molar-refractivity contribution in [2.24, 2.45) is 0 Å². The van der Waals surface area contributed by atoms with Crippen LogP contribution < -0.4 is 5.43 Å². The number of methoxy groups -OCH3 is 1. The number of halogens is 2. The van der Waals surface area contributed by atoms with Crippen LogP contribution in [-0.4, -0.2) is 24.8 Å². The summed E-state index contributed by atoms with van der Waals surface area (Å²) in [7, 11) is 1.72. The fourth-order valence-corrected chi connectivity index (χ4v) is 2.51. The van der Waals surface area contributed by atoms with Crippen LogP contribution in [0.2, 0.25) is 10.0 Å². The number of hydrogen-bond donors (Lipinski definition) is 1. The predicted molar refractivity (Wildman–Crippen MR) is 79.2 cm³/mol. The highest BCUT2D eigenvalue weighted by Crippen LogP contribution is 2.24. The summed E-state index contributed by atoms with van der Waals surface area (Å²) in [6, 6.07) is 5.86. The van der Waals surface area contributed by atoms with Crippen LogP contribution in [-0.2, 0) is 11.3 Å². The van der Waals surface area contributed by atoms with Gasteiger partial charge in [0.25, 0.3) is 0 Å². The summed E-state index contributed by atoms with van der Waals surface area (Å²) in [6.45, 7) is 3.56. The zero-order valence-corrected chi connectivity index (χ0v) is 12.6. The maximum atomic E-state index is 6.18.